The molecule has 0 aliphatic carbocycles. The molecule has 0 saturated carbocycles. The highest BCUT2D eigenvalue weighted by atomic mass is 79.9. The molecule has 0 bridgehead atoms. The first-order valence-electron chi connectivity index (χ1n) is 6.77. The van der Waals surface area contributed by atoms with E-state index in [-0.39, 0.29) is 24.0 Å². The minimum atomic E-state index is -0.355. The van der Waals surface area contributed by atoms with Crippen LogP contribution in [0.25, 0.3) is 0 Å². The number of carbonyl (C=O) groups is 1. The smallest absolute Gasteiger partial charge is 0.294 e. The first-order chi connectivity index (χ1) is 11.0. The zero-order valence-electron chi connectivity index (χ0n) is 12.1. The van der Waals surface area contributed by atoms with Gasteiger partial charge in [0.05, 0.1) is 17.2 Å². The molecule has 0 unspecified atom stereocenters. The van der Waals surface area contributed by atoms with Crippen LogP contribution in [0.4, 0.5) is 10.1 Å². The largest absolute Gasteiger partial charge is 0.444 e. The lowest BCUT2D eigenvalue weighted by atomic mass is 10.2. The van der Waals surface area contributed by atoms with Crippen molar-refractivity contribution >= 4 is 38.9 Å². The molecule has 7 heteroatoms. The SMILES string of the molecule is Cc1nc(CN(C(=O)c2ccc(Br)o2)c2ccc(F)cc2)cs1. The second-order valence-electron chi connectivity index (χ2n) is 4.83. The minimum absolute atomic E-state index is 0.202. The summed E-state index contributed by atoms with van der Waals surface area (Å²) in [5.41, 5.74) is 1.35. The molecule has 0 atom stereocenters. The van der Waals surface area contributed by atoms with E-state index in [1.165, 1.54) is 28.4 Å². The number of amides is 1. The molecule has 2 heterocycles. The van der Waals surface area contributed by atoms with Crippen LogP contribution in [0.2, 0.25) is 0 Å². The Morgan fingerprint density at radius 3 is 2.61 bits per heavy atom. The van der Waals surface area contributed by atoms with Crippen molar-refractivity contribution in [3.8, 4) is 0 Å². The van der Waals surface area contributed by atoms with Gasteiger partial charge >= 0.3 is 0 Å². The van der Waals surface area contributed by atoms with Crippen LogP contribution in [0.5, 0.6) is 0 Å². The molecule has 1 aromatic carbocycles. The molecule has 2 aromatic heterocycles. The van der Waals surface area contributed by atoms with Crippen molar-refractivity contribution in [2.75, 3.05) is 4.90 Å². The van der Waals surface area contributed by atoms with Gasteiger partial charge in [-0.2, -0.15) is 0 Å². The lowest BCUT2D eigenvalue weighted by Gasteiger charge is -2.21. The van der Waals surface area contributed by atoms with E-state index in [1.54, 1.807) is 24.3 Å². The Balaban J connectivity index is 1.95. The number of thiazole rings is 1. The Morgan fingerprint density at radius 1 is 1.30 bits per heavy atom. The number of rotatable bonds is 4. The molecule has 0 N–H and O–H groups in total. The summed E-state index contributed by atoms with van der Waals surface area (Å²) in [6.07, 6.45) is 0. The van der Waals surface area contributed by atoms with Gasteiger partial charge in [-0.1, -0.05) is 0 Å². The molecule has 0 fully saturated rings. The normalized spacial score (nSPS) is 10.7. The van der Waals surface area contributed by atoms with Crippen LogP contribution in [0.3, 0.4) is 0 Å². The number of anilines is 1. The number of nitrogens with zero attached hydrogens (tertiary/aromatic N) is 2. The van der Waals surface area contributed by atoms with E-state index < -0.39 is 0 Å². The van der Waals surface area contributed by atoms with Crippen LogP contribution < -0.4 is 4.90 Å². The maximum absolute atomic E-state index is 13.2. The molecule has 0 spiro atoms. The molecular formula is C16H12BrFN2O2S. The summed E-state index contributed by atoms with van der Waals surface area (Å²) in [5, 5.41) is 2.82. The third-order valence-electron chi connectivity index (χ3n) is 3.15. The Bertz CT molecular complexity index is 829. The van der Waals surface area contributed by atoms with E-state index in [9.17, 15) is 9.18 Å². The van der Waals surface area contributed by atoms with Crippen LogP contribution in [0.15, 0.2) is 50.9 Å². The van der Waals surface area contributed by atoms with Crippen molar-refractivity contribution < 1.29 is 13.6 Å². The molecule has 0 radical (unpaired) electrons. The number of benzene rings is 1. The molecule has 0 aliphatic heterocycles. The number of halogens is 2. The summed E-state index contributed by atoms with van der Waals surface area (Å²) >= 11 is 4.70. The van der Waals surface area contributed by atoms with E-state index in [1.807, 2.05) is 12.3 Å². The third kappa shape index (κ3) is 3.68. The number of hydrogen-bond donors (Lipinski definition) is 0. The van der Waals surface area contributed by atoms with E-state index >= 15 is 0 Å². The molecule has 0 aliphatic rings. The predicted octanol–water partition coefficient (Wildman–Crippen LogP) is 4.79. The summed E-state index contributed by atoms with van der Waals surface area (Å²) in [7, 11) is 0. The van der Waals surface area contributed by atoms with Crippen LogP contribution in [0, 0.1) is 12.7 Å². The van der Waals surface area contributed by atoms with Gasteiger partial charge in [-0.25, -0.2) is 9.37 Å². The van der Waals surface area contributed by atoms with Gasteiger partial charge in [0.25, 0.3) is 5.91 Å². The van der Waals surface area contributed by atoms with Gasteiger partial charge in [0.2, 0.25) is 0 Å². The highest BCUT2D eigenvalue weighted by Gasteiger charge is 2.22. The summed E-state index contributed by atoms with van der Waals surface area (Å²) in [6, 6.07) is 9.01. The maximum Gasteiger partial charge on any atom is 0.294 e. The number of aromatic nitrogens is 1. The van der Waals surface area contributed by atoms with E-state index in [0.29, 0.717) is 10.4 Å². The third-order valence-corrected chi connectivity index (χ3v) is 4.40. The number of furan rings is 1. The van der Waals surface area contributed by atoms with Gasteiger partial charge in [-0.05, 0) is 59.3 Å². The van der Waals surface area contributed by atoms with Crippen LogP contribution in [-0.4, -0.2) is 10.9 Å². The Morgan fingerprint density at radius 2 is 2.04 bits per heavy atom. The first-order valence-corrected chi connectivity index (χ1v) is 8.44. The van der Waals surface area contributed by atoms with Crippen LogP contribution in [-0.2, 0) is 6.54 Å². The molecule has 118 valence electrons. The fourth-order valence-corrected chi connectivity index (χ4v) is 3.02. The highest BCUT2D eigenvalue weighted by Crippen LogP contribution is 2.23. The number of hydrogen-bond acceptors (Lipinski definition) is 4. The van der Waals surface area contributed by atoms with Crippen molar-refractivity contribution in [1.29, 1.82) is 0 Å². The second kappa shape index (κ2) is 6.64. The second-order valence-corrected chi connectivity index (χ2v) is 6.67. The molecule has 3 aromatic rings. The van der Waals surface area contributed by atoms with Crippen LogP contribution >= 0.6 is 27.3 Å². The van der Waals surface area contributed by atoms with Crippen LogP contribution in [0.1, 0.15) is 21.3 Å². The van der Waals surface area contributed by atoms with E-state index in [4.69, 9.17) is 4.42 Å². The number of carbonyl (C=O) groups excluding carboxylic acids is 1. The molecule has 1 amide bonds. The fraction of sp³-hybridized carbons (Fsp3) is 0.125. The lowest BCUT2D eigenvalue weighted by Crippen LogP contribution is -2.30. The van der Waals surface area contributed by atoms with Gasteiger partial charge in [0, 0.05) is 11.1 Å². The predicted molar refractivity (Wildman–Crippen MR) is 90.2 cm³/mol. The van der Waals surface area contributed by atoms with E-state index in [2.05, 4.69) is 20.9 Å². The fourth-order valence-electron chi connectivity index (χ4n) is 2.11. The van der Waals surface area contributed by atoms with Gasteiger partial charge in [-0.15, -0.1) is 11.3 Å². The minimum Gasteiger partial charge on any atom is -0.444 e. The van der Waals surface area contributed by atoms with Crippen molar-refractivity contribution in [1.82, 2.24) is 4.98 Å². The van der Waals surface area contributed by atoms with Gasteiger partial charge < -0.3 is 4.42 Å². The van der Waals surface area contributed by atoms with Crippen molar-refractivity contribution in [2.45, 2.75) is 13.5 Å². The topological polar surface area (TPSA) is 46.3 Å². The zero-order valence-corrected chi connectivity index (χ0v) is 14.5. The molecular weight excluding hydrogens is 383 g/mol. The average molecular weight is 395 g/mol. The van der Waals surface area contributed by atoms with Crippen molar-refractivity contribution in [3.63, 3.8) is 0 Å². The average Bonchev–Trinajstić information content (AvgIpc) is 3.14. The van der Waals surface area contributed by atoms with Gasteiger partial charge in [-0.3, -0.25) is 9.69 Å². The molecule has 3 rings (SSSR count). The molecule has 4 nitrogen and oxygen atoms in total. The highest BCUT2D eigenvalue weighted by molar-refractivity contribution is 9.10. The summed E-state index contributed by atoms with van der Waals surface area (Å²) < 4.78 is 19.0. The first kappa shape index (κ1) is 15.9. The summed E-state index contributed by atoms with van der Waals surface area (Å²) in [6.45, 7) is 2.19. The van der Waals surface area contributed by atoms with Gasteiger partial charge in [0.1, 0.15) is 5.82 Å². The Kier molecular flexibility index (Phi) is 4.58. The van der Waals surface area contributed by atoms with Crippen molar-refractivity contribution in [3.05, 3.63) is 68.7 Å². The number of aryl methyl sites for hydroxylation is 1. The molecule has 23 heavy (non-hydrogen) atoms. The lowest BCUT2D eigenvalue weighted by molar-refractivity contribution is 0.0957. The van der Waals surface area contributed by atoms with Crippen molar-refractivity contribution in [2.24, 2.45) is 0 Å². The van der Waals surface area contributed by atoms with Gasteiger partial charge in [0.15, 0.2) is 10.4 Å². The Labute approximate surface area is 144 Å². The zero-order chi connectivity index (χ0) is 16.4. The molecule has 0 saturated heterocycles. The maximum atomic E-state index is 13.2. The summed E-state index contributed by atoms with van der Waals surface area (Å²) in [5.74, 6) is -0.465. The Hall–Kier alpha value is -1.99. The standard InChI is InChI=1S/C16H12BrFN2O2S/c1-10-19-12(9-23-10)8-20(13-4-2-11(18)3-5-13)16(21)14-6-7-15(17)22-14/h2-7,9H,8H2,1H3. The van der Waals surface area contributed by atoms with E-state index in [0.717, 1.165) is 10.7 Å². The summed E-state index contributed by atoms with van der Waals surface area (Å²) in [4.78, 5) is 18.6. The monoisotopic (exact) mass is 394 g/mol. The quantitative estimate of drug-likeness (QED) is 0.638.